The summed E-state index contributed by atoms with van der Waals surface area (Å²) in [6.07, 6.45) is 1.65. The van der Waals surface area contributed by atoms with E-state index in [0.29, 0.717) is 12.1 Å². The van der Waals surface area contributed by atoms with Crippen LogP contribution in [-0.4, -0.2) is 15.0 Å². The Labute approximate surface area is 144 Å². The number of hydrogen-bond acceptors (Lipinski definition) is 2. The van der Waals surface area contributed by atoms with Crippen molar-refractivity contribution in [1.29, 1.82) is 0 Å². The zero-order chi connectivity index (χ0) is 17.6. The van der Waals surface area contributed by atoms with Gasteiger partial charge in [0.2, 0.25) is 5.91 Å². The van der Waals surface area contributed by atoms with E-state index in [4.69, 9.17) is 0 Å². The minimum absolute atomic E-state index is 0.264. The van der Waals surface area contributed by atoms with Crippen LogP contribution < -0.4 is 5.56 Å². The maximum atomic E-state index is 13.0. The lowest BCUT2D eigenvalue weighted by Gasteiger charge is -2.09. The Bertz CT molecular complexity index is 1170. The van der Waals surface area contributed by atoms with Gasteiger partial charge in [-0.15, -0.1) is 0 Å². The van der Waals surface area contributed by atoms with Gasteiger partial charge in [0.15, 0.2) is 0 Å². The number of carbonyl (C=O) groups is 1. The second-order valence-corrected chi connectivity index (χ2v) is 6.32. The van der Waals surface area contributed by atoms with Gasteiger partial charge in [-0.3, -0.25) is 14.2 Å². The van der Waals surface area contributed by atoms with Crippen molar-refractivity contribution in [2.75, 3.05) is 0 Å². The molecule has 0 spiro atoms. The molecule has 0 saturated carbocycles. The molecule has 4 aromatic rings. The first-order valence-corrected chi connectivity index (χ1v) is 8.26. The van der Waals surface area contributed by atoms with Gasteiger partial charge >= 0.3 is 0 Å². The van der Waals surface area contributed by atoms with E-state index in [1.165, 1.54) is 11.5 Å². The van der Waals surface area contributed by atoms with E-state index in [9.17, 15) is 9.59 Å². The fourth-order valence-electron chi connectivity index (χ4n) is 3.52. The third-order valence-corrected chi connectivity index (χ3v) is 4.63. The average Bonchev–Trinajstić information content (AvgIpc) is 2.94. The number of pyridine rings is 1. The Hall–Kier alpha value is -3.14. The Morgan fingerprint density at radius 1 is 1.00 bits per heavy atom. The topological polar surface area (TPSA) is 44.0 Å². The predicted molar refractivity (Wildman–Crippen MR) is 100 cm³/mol. The van der Waals surface area contributed by atoms with Crippen LogP contribution in [0.25, 0.3) is 21.8 Å². The summed E-state index contributed by atoms with van der Waals surface area (Å²) in [6.45, 7) is 3.94. The molecule has 0 unspecified atom stereocenters. The van der Waals surface area contributed by atoms with Crippen molar-refractivity contribution in [2.24, 2.45) is 0 Å². The van der Waals surface area contributed by atoms with Gasteiger partial charge in [-0.2, -0.15) is 0 Å². The van der Waals surface area contributed by atoms with E-state index in [0.717, 1.165) is 27.4 Å². The summed E-state index contributed by atoms with van der Waals surface area (Å²) in [7, 11) is 0. The van der Waals surface area contributed by atoms with E-state index in [1.54, 1.807) is 6.20 Å². The second-order valence-electron chi connectivity index (χ2n) is 6.32. The molecule has 2 aromatic heterocycles. The number of nitrogens with zero attached hydrogens (tertiary/aromatic N) is 2. The van der Waals surface area contributed by atoms with Crippen molar-refractivity contribution in [1.82, 2.24) is 9.13 Å². The molecule has 0 saturated heterocycles. The molecule has 0 N–H and O–H groups in total. The highest BCUT2D eigenvalue weighted by atomic mass is 16.2. The van der Waals surface area contributed by atoms with Crippen LogP contribution in [0.5, 0.6) is 0 Å². The van der Waals surface area contributed by atoms with E-state index < -0.39 is 0 Å². The SMILES string of the molecule is CC(=O)n1cc(C)c2c3ccccc3n(Cc3ccccc3)c2c1=O. The summed E-state index contributed by atoms with van der Waals surface area (Å²) in [6, 6.07) is 18.0. The predicted octanol–water partition coefficient (Wildman–Crippen LogP) is 3.97. The van der Waals surface area contributed by atoms with Gasteiger partial charge in [0.25, 0.3) is 5.56 Å². The molecule has 0 amide bonds. The summed E-state index contributed by atoms with van der Waals surface area (Å²) in [5.74, 6) is -0.272. The third kappa shape index (κ3) is 2.38. The van der Waals surface area contributed by atoms with E-state index in [1.807, 2.05) is 66.1 Å². The van der Waals surface area contributed by atoms with Crippen LogP contribution in [0.3, 0.4) is 0 Å². The lowest BCUT2D eigenvalue weighted by atomic mass is 10.1. The molecule has 0 fully saturated rings. The Balaban J connectivity index is 2.15. The molecule has 0 aliphatic heterocycles. The van der Waals surface area contributed by atoms with Gasteiger partial charge in [0, 0.05) is 36.0 Å². The molecular formula is C21H18N2O2. The van der Waals surface area contributed by atoms with Crippen LogP contribution in [0.4, 0.5) is 0 Å². The van der Waals surface area contributed by atoms with Crippen LogP contribution >= 0.6 is 0 Å². The molecule has 2 heterocycles. The highest BCUT2D eigenvalue weighted by Crippen LogP contribution is 2.30. The molecule has 0 bridgehead atoms. The average molecular weight is 330 g/mol. The number of aromatic nitrogens is 2. The number of carbonyl (C=O) groups excluding carboxylic acids is 1. The first-order chi connectivity index (χ1) is 12.1. The number of hydrogen-bond donors (Lipinski definition) is 0. The first-order valence-electron chi connectivity index (χ1n) is 8.26. The molecule has 25 heavy (non-hydrogen) atoms. The molecule has 0 aliphatic rings. The van der Waals surface area contributed by atoms with Crippen LogP contribution in [0, 0.1) is 6.92 Å². The first kappa shape index (κ1) is 15.4. The van der Waals surface area contributed by atoms with Gasteiger partial charge < -0.3 is 4.57 Å². The Kier molecular flexibility index (Phi) is 3.53. The van der Waals surface area contributed by atoms with Crippen LogP contribution in [0.1, 0.15) is 22.8 Å². The van der Waals surface area contributed by atoms with Crippen molar-refractivity contribution in [2.45, 2.75) is 20.4 Å². The number of para-hydroxylation sites is 1. The van der Waals surface area contributed by atoms with E-state index >= 15 is 0 Å². The molecular weight excluding hydrogens is 312 g/mol. The van der Waals surface area contributed by atoms with Crippen LogP contribution in [0.2, 0.25) is 0 Å². The summed E-state index contributed by atoms with van der Waals surface area (Å²) in [5.41, 5.74) is 3.36. The van der Waals surface area contributed by atoms with Gasteiger partial charge in [0.1, 0.15) is 5.52 Å². The monoisotopic (exact) mass is 330 g/mol. The number of fused-ring (bicyclic) bond motifs is 3. The minimum Gasteiger partial charge on any atom is -0.331 e. The summed E-state index contributed by atoms with van der Waals surface area (Å²) in [5, 5.41) is 1.97. The summed E-state index contributed by atoms with van der Waals surface area (Å²) in [4.78, 5) is 24.9. The quantitative estimate of drug-likeness (QED) is 0.558. The fraction of sp³-hybridized carbons (Fsp3) is 0.143. The van der Waals surface area contributed by atoms with Crippen molar-refractivity contribution >= 4 is 27.7 Å². The van der Waals surface area contributed by atoms with Crippen LogP contribution in [0.15, 0.2) is 65.6 Å². The van der Waals surface area contributed by atoms with Gasteiger partial charge in [0.05, 0.1) is 0 Å². The van der Waals surface area contributed by atoms with Crippen molar-refractivity contribution < 1.29 is 4.79 Å². The molecule has 4 heteroatoms. The van der Waals surface area contributed by atoms with E-state index in [-0.39, 0.29) is 11.5 Å². The van der Waals surface area contributed by atoms with Crippen molar-refractivity contribution in [3.63, 3.8) is 0 Å². The number of rotatable bonds is 2. The molecule has 0 atom stereocenters. The number of benzene rings is 2. The zero-order valence-corrected chi connectivity index (χ0v) is 14.2. The minimum atomic E-state index is -0.272. The van der Waals surface area contributed by atoms with Crippen LogP contribution in [-0.2, 0) is 6.54 Å². The maximum Gasteiger partial charge on any atom is 0.281 e. The van der Waals surface area contributed by atoms with Crippen molar-refractivity contribution in [3.05, 3.63) is 82.3 Å². The highest BCUT2D eigenvalue weighted by molar-refractivity contribution is 6.09. The standard InChI is InChI=1S/C21H18N2O2/c1-14-12-22(15(2)24)21(25)20-19(14)17-10-6-7-11-18(17)23(20)13-16-8-4-3-5-9-16/h3-12H,13H2,1-2H3. The summed E-state index contributed by atoms with van der Waals surface area (Å²) >= 11 is 0. The van der Waals surface area contributed by atoms with Gasteiger partial charge in [-0.25, -0.2) is 0 Å². The molecule has 0 radical (unpaired) electrons. The smallest absolute Gasteiger partial charge is 0.281 e. The van der Waals surface area contributed by atoms with Gasteiger partial charge in [-0.05, 0) is 24.1 Å². The van der Waals surface area contributed by atoms with E-state index in [2.05, 4.69) is 0 Å². The highest BCUT2D eigenvalue weighted by Gasteiger charge is 2.18. The molecule has 124 valence electrons. The lowest BCUT2D eigenvalue weighted by molar-refractivity contribution is 0.0932. The van der Waals surface area contributed by atoms with Gasteiger partial charge in [-0.1, -0.05) is 48.5 Å². The maximum absolute atomic E-state index is 13.0. The Morgan fingerprint density at radius 2 is 1.68 bits per heavy atom. The molecule has 4 rings (SSSR count). The summed E-state index contributed by atoms with van der Waals surface area (Å²) < 4.78 is 3.23. The largest absolute Gasteiger partial charge is 0.331 e. The number of aryl methyl sites for hydroxylation is 1. The molecule has 2 aromatic carbocycles. The lowest BCUT2D eigenvalue weighted by Crippen LogP contribution is -2.26. The normalized spacial score (nSPS) is 11.3. The second kappa shape index (κ2) is 5.74. The van der Waals surface area contributed by atoms with Crippen molar-refractivity contribution in [3.8, 4) is 0 Å². The molecule has 4 nitrogen and oxygen atoms in total. The molecule has 0 aliphatic carbocycles. The zero-order valence-electron chi connectivity index (χ0n) is 14.2. The third-order valence-electron chi connectivity index (χ3n) is 4.63. The fourth-order valence-corrected chi connectivity index (χ4v) is 3.52. The Morgan fingerprint density at radius 3 is 2.40 bits per heavy atom.